The SMILES string of the molecule is OC1(C2=CC[CH]C=C2)CCCC1. The Labute approximate surface area is 73.8 Å². The number of hydrogen-bond acceptors (Lipinski definition) is 1. The molecule has 1 radical (unpaired) electrons. The summed E-state index contributed by atoms with van der Waals surface area (Å²) in [6.45, 7) is 0. The molecular weight excluding hydrogens is 148 g/mol. The molecule has 0 aromatic rings. The number of rotatable bonds is 1. The van der Waals surface area contributed by atoms with Crippen LogP contribution in [0.4, 0.5) is 0 Å². The summed E-state index contributed by atoms with van der Waals surface area (Å²) in [5.41, 5.74) is 0.660. The second-order valence-electron chi connectivity index (χ2n) is 3.73. The van der Waals surface area contributed by atoms with Gasteiger partial charge in [0.2, 0.25) is 0 Å². The molecule has 1 N–H and O–H groups in total. The maximum Gasteiger partial charge on any atom is 0.0893 e. The van der Waals surface area contributed by atoms with Crippen molar-refractivity contribution in [1.82, 2.24) is 0 Å². The van der Waals surface area contributed by atoms with E-state index < -0.39 is 5.60 Å². The van der Waals surface area contributed by atoms with Gasteiger partial charge < -0.3 is 5.11 Å². The molecule has 0 atom stereocenters. The van der Waals surface area contributed by atoms with Crippen LogP contribution >= 0.6 is 0 Å². The molecule has 0 spiro atoms. The third kappa shape index (κ3) is 1.34. The molecule has 1 nitrogen and oxygen atoms in total. The molecule has 1 fully saturated rings. The Morgan fingerprint density at radius 3 is 2.58 bits per heavy atom. The molecule has 2 aliphatic rings. The molecule has 0 aliphatic heterocycles. The second-order valence-corrected chi connectivity index (χ2v) is 3.73. The fourth-order valence-electron chi connectivity index (χ4n) is 2.11. The molecule has 1 heteroatoms. The fraction of sp³-hybridized carbons (Fsp3) is 0.545. The van der Waals surface area contributed by atoms with Crippen molar-refractivity contribution in [2.24, 2.45) is 0 Å². The Hall–Kier alpha value is -0.560. The Morgan fingerprint density at radius 2 is 2.00 bits per heavy atom. The first-order valence-corrected chi connectivity index (χ1v) is 4.74. The van der Waals surface area contributed by atoms with Crippen LogP contribution in [0.2, 0.25) is 0 Å². The summed E-state index contributed by atoms with van der Waals surface area (Å²) in [5.74, 6) is 0. The van der Waals surface area contributed by atoms with Gasteiger partial charge in [-0.15, -0.1) is 0 Å². The third-order valence-electron chi connectivity index (χ3n) is 2.85. The molecule has 0 aromatic heterocycles. The van der Waals surface area contributed by atoms with Gasteiger partial charge in [-0.2, -0.15) is 0 Å². The highest BCUT2D eigenvalue weighted by molar-refractivity contribution is 5.34. The Morgan fingerprint density at radius 1 is 1.25 bits per heavy atom. The summed E-state index contributed by atoms with van der Waals surface area (Å²) < 4.78 is 0. The first-order chi connectivity index (χ1) is 5.81. The maximum absolute atomic E-state index is 10.2. The van der Waals surface area contributed by atoms with Crippen molar-refractivity contribution >= 4 is 0 Å². The average molecular weight is 163 g/mol. The van der Waals surface area contributed by atoms with E-state index in [1.807, 2.05) is 6.08 Å². The van der Waals surface area contributed by atoms with E-state index >= 15 is 0 Å². The number of hydrogen-bond donors (Lipinski definition) is 1. The van der Waals surface area contributed by atoms with Gasteiger partial charge in [0.05, 0.1) is 5.60 Å². The fourth-order valence-corrected chi connectivity index (χ4v) is 2.11. The van der Waals surface area contributed by atoms with E-state index in [-0.39, 0.29) is 0 Å². The topological polar surface area (TPSA) is 20.2 Å². The largest absolute Gasteiger partial charge is 0.385 e. The highest BCUT2D eigenvalue weighted by Gasteiger charge is 2.33. The van der Waals surface area contributed by atoms with Crippen LogP contribution < -0.4 is 0 Å². The minimum atomic E-state index is -0.481. The van der Waals surface area contributed by atoms with Gasteiger partial charge in [-0.1, -0.05) is 31.1 Å². The van der Waals surface area contributed by atoms with E-state index in [0.29, 0.717) is 0 Å². The standard InChI is InChI=1S/C11H15O/c12-11(8-4-5-9-11)10-6-2-1-3-7-10/h1-2,6-7,12H,3-5,8-9H2. The molecule has 0 heterocycles. The second kappa shape index (κ2) is 3.06. The predicted octanol–water partition coefficient (Wildman–Crippen LogP) is 2.38. The lowest BCUT2D eigenvalue weighted by atomic mass is 9.88. The monoisotopic (exact) mass is 163 g/mol. The first-order valence-electron chi connectivity index (χ1n) is 4.74. The molecule has 12 heavy (non-hydrogen) atoms. The molecule has 0 unspecified atom stereocenters. The van der Waals surface area contributed by atoms with Crippen molar-refractivity contribution in [3.8, 4) is 0 Å². The summed E-state index contributed by atoms with van der Waals surface area (Å²) in [7, 11) is 0. The Bertz CT molecular complexity index is 219. The minimum absolute atomic E-state index is 0.481. The highest BCUT2D eigenvalue weighted by atomic mass is 16.3. The van der Waals surface area contributed by atoms with Crippen molar-refractivity contribution in [1.29, 1.82) is 0 Å². The van der Waals surface area contributed by atoms with Gasteiger partial charge in [0.15, 0.2) is 0 Å². The molecule has 0 bridgehead atoms. The minimum Gasteiger partial charge on any atom is -0.385 e. The lowest BCUT2D eigenvalue weighted by Gasteiger charge is -2.25. The van der Waals surface area contributed by atoms with Gasteiger partial charge >= 0.3 is 0 Å². The van der Waals surface area contributed by atoms with Gasteiger partial charge in [-0.05, 0) is 31.3 Å². The molecule has 0 saturated heterocycles. The van der Waals surface area contributed by atoms with Gasteiger partial charge in [-0.3, -0.25) is 0 Å². The maximum atomic E-state index is 10.2. The lowest BCUT2D eigenvalue weighted by Crippen LogP contribution is -2.26. The molecule has 1 saturated carbocycles. The van der Waals surface area contributed by atoms with Crippen LogP contribution in [-0.2, 0) is 0 Å². The van der Waals surface area contributed by atoms with Gasteiger partial charge in [-0.25, -0.2) is 0 Å². The molecule has 0 amide bonds. The first kappa shape index (κ1) is 8.06. The van der Waals surface area contributed by atoms with E-state index in [4.69, 9.17) is 0 Å². The molecular formula is C11H15O. The van der Waals surface area contributed by atoms with Crippen molar-refractivity contribution in [3.05, 3.63) is 30.2 Å². The van der Waals surface area contributed by atoms with Crippen molar-refractivity contribution in [2.75, 3.05) is 0 Å². The quantitative estimate of drug-likeness (QED) is 0.629. The van der Waals surface area contributed by atoms with Crippen molar-refractivity contribution in [2.45, 2.75) is 37.7 Å². The van der Waals surface area contributed by atoms with Crippen molar-refractivity contribution in [3.63, 3.8) is 0 Å². The Balaban J connectivity index is 2.16. The smallest absolute Gasteiger partial charge is 0.0893 e. The van der Waals surface area contributed by atoms with Crippen molar-refractivity contribution < 1.29 is 5.11 Å². The van der Waals surface area contributed by atoms with Crippen LogP contribution in [0.1, 0.15) is 32.1 Å². The van der Waals surface area contributed by atoms with E-state index in [1.165, 1.54) is 12.8 Å². The van der Waals surface area contributed by atoms with E-state index in [2.05, 4.69) is 18.6 Å². The zero-order valence-electron chi connectivity index (χ0n) is 7.29. The van der Waals surface area contributed by atoms with Crippen LogP contribution in [0.25, 0.3) is 0 Å². The lowest BCUT2D eigenvalue weighted by molar-refractivity contribution is 0.0896. The predicted molar refractivity (Wildman–Crippen MR) is 49.6 cm³/mol. The van der Waals surface area contributed by atoms with Crippen LogP contribution in [0.15, 0.2) is 23.8 Å². The highest BCUT2D eigenvalue weighted by Crippen LogP contribution is 2.37. The summed E-state index contributed by atoms with van der Waals surface area (Å²) in [5, 5.41) is 10.2. The van der Waals surface area contributed by atoms with E-state index in [0.717, 1.165) is 24.8 Å². The average Bonchev–Trinajstić information content (AvgIpc) is 2.55. The van der Waals surface area contributed by atoms with Gasteiger partial charge in [0, 0.05) is 0 Å². The van der Waals surface area contributed by atoms with E-state index in [1.54, 1.807) is 0 Å². The van der Waals surface area contributed by atoms with E-state index in [9.17, 15) is 5.11 Å². The van der Waals surface area contributed by atoms with Crippen LogP contribution in [-0.4, -0.2) is 10.7 Å². The molecule has 2 aliphatic carbocycles. The van der Waals surface area contributed by atoms with Crippen LogP contribution in [0.5, 0.6) is 0 Å². The van der Waals surface area contributed by atoms with Crippen LogP contribution in [0.3, 0.4) is 0 Å². The summed E-state index contributed by atoms with van der Waals surface area (Å²) in [4.78, 5) is 0. The normalized spacial score (nSPS) is 27.2. The zero-order valence-corrected chi connectivity index (χ0v) is 7.29. The number of allylic oxidation sites excluding steroid dienone is 2. The molecule has 65 valence electrons. The summed E-state index contributed by atoms with van der Waals surface area (Å²) in [6, 6.07) is 0. The molecule has 2 rings (SSSR count). The zero-order chi connectivity index (χ0) is 8.44. The van der Waals surface area contributed by atoms with Gasteiger partial charge in [0.1, 0.15) is 0 Å². The summed E-state index contributed by atoms with van der Waals surface area (Å²) in [6.07, 6.45) is 13.6. The van der Waals surface area contributed by atoms with Gasteiger partial charge in [0.25, 0.3) is 0 Å². The van der Waals surface area contributed by atoms with Crippen LogP contribution in [0, 0.1) is 6.42 Å². The Kier molecular flexibility index (Phi) is 2.05. The third-order valence-corrected chi connectivity index (χ3v) is 2.85. The molecule has 0 aromatic carbocycles. The summed E-state index contributed by atoms with van der Waals surface area (Å²) >= 11 is 0. The number of aliphatic hydroxyl groups is 1.